The van der Waals surface area contributed by atoms with E-state index in [1.54, 1.807) is 0 Å². The Balaban J connectivity index is 2.33. The molecule has 0 radical (unpaired) electrons. The van der Waals surface area contributed by atoms with E-state index < -0.39 is 0 Å². The van der Waals surface area contributed by atoms with Gasteiger partial charge >= 0.3 is 0 Å². The molecule has 0 aromatic heterocycles. The molecule has 0 aromatic rings. The predicted molar refractivity (Wildman–Crippen MR) is 55.7 cm³/mol. The number of rotatable bonds is 4. The molecule has 1 fully saturated rings. The normalized spacial score (nSPS) is 34.8. The lowest BCUT2D eigenvalue weighted by Gasteiger charge is -2.38. The molecular formula is C11H23NO. The second-order valence-electron chi connectivity index (χ2n) is 4.42. The van der Waals surface area contributed by atoms with Gasteiger partial charge in [-0.05, 0) is 25.3 Å². The molecule has 1 heterocycles. The minimum absolute atomic E-state index is 0.375. The molecule has 0 spiro atoms. The second kappa shape index (κ2) is 4.97. The molecule has 1 rings (SSSR count). The number of hydrogen-bond acceptors (Lipinski definition) is 2. The van der Waals surface area contributed by atoms with Crippen LogP contribution in [-0.2, 0) is 0 Å². The highest BCUT2D eigenvalue weighted by molar-refractivity contribution is 4.89. The highest BCUT2D eigenvalue weighted by Gasteiger charge is 2.34. The first kappa shape index (κ1) is 11.0. The van der Waals surface area contributed by atoms with Crippen molar-refractivity contribution in [3.8, 4) is 0 Å². The molecule has 0 bridgehead atoms. The summed E-state index contributed by atoms with van der Waals surface area (Å²) in [6.45, 7) is 6.31. The smallest absolute Gasteiger partial charge is 0.0697 e. The zero-order chi connectivity index (χ0) is 9.73. The fourth-order valence-corrected chi connectivity index (χ4v) is 2.11. The van der Waals surface area contributed by atoms with E-state index in [2.05, 4.69) is 19.2 Å². The molecule has 0 amide bonds. The van der Waals surface area contributed by atoms with Crippen molar-refractivity contribution in [1.82, 2.24) is 5.32 Å². The van der Waals surface area contributed by atoms with E-state index in [1.807, 2.05) is 0 Å². The molecule has 78 valence electrons. The van der Waals surface area contributed by atoms with Crippen molar-refractivity contribution in [3.05, 3.63) is 0 Å². The number of nitrogens with one attached hydrogen (secondary N) is 1. The van der Waals surface area contributed by atoms with Crippen LogP contribution in [-0.4, -0.2) is 23.8 Å². The molecule has 0 aliphatic carbocycles. The number of piperidine rings is 1. The van der Waals surface area contributed by atoms with E-state index in [4.69, 9.17) is 0 Å². The maximum Gasteiger partial charge on any atom is 0.0697 e. The van der Waals surface area contributed by atoms with E-state index in [9.17, 15) is 5.11 Å². The first-order valence-corrected chi connectivity index (χ1v) is 5.62. The summed E-state index contributed by atoms with van der Waals surface area (Å²) in [5.41, 5.74) is -0.375. The maximum atomic E-state index is 10.3. The van der Waals surface area contributed by atoms with Crippen LogP contribution in [0.15, 0.2) is 0 Å². The lowest BCUT2D eigenvalue weighted by Crippen LogP contribution is -2.48. The Kier molecular flexibility index (Phi) is 4.20. The van der Waals surface area contributed by atoms with Gasteiger partial charge in [0.15, 0.2) is 0 Å². The minimum Gasteiger partial charge on any atom is -0.390 e. The zero-order valence-corrected chi connectivity index (χ0v) is 8.97. The van der Waals surface area contributed by atoms with Gasteiger partial charge in [0.05, 0.1) is 5.60 Å². The van der Waals surface area contributed by atoms with Crippen LogP contribution >= 0.6 is 0 Å². The van der Waals surface area contributed by atoms with Gasteiger partial charge in [0, 0.05) is 6.54 Å². The number of unbranched alkanes of at least 4 members (excludes halogenated alkanes) is 2. The summed E-state index contributed by atoms with van der Waals surface area (Å²) in [5.74, 6) is 0.415. The molecule has 2 N–H and O–H groups in total. The number of aliphatic hydroxyl groups is 1. The van der Waals surface area contributed by atoms with Crippen molar-refractivity contribution >= 4 is 0 Å². The Morgan fingerprint density at radius 2 is 2.23 bits per heavy atom. The van der Waals surface area contributed by atoms with Crippen molar-refractivity contribution in [2.45, 2.75) is 51.6 Å². The summed E-state index contributed by atoms with van der Waals surface area (Å²) < 4.78 is 0. The van der Waals surface area contributed by atoms with Crippen molar-refractivity contribution in [2.75, 3.05) is 13.1 Å². The standard InChI is InChI=1S/C11H23NO/c1-3-4-5-6-11(13)7-8-12-9-10(11)2/h10,12-13H,3-9H2,1-2H3. The van der Waals surface area contributed by atoms with Crippen LogP contribution in [0, 0.1) is 5.92 Å². The van der Waals surface area contributed by atoms with Crippen LogP contribution in [0.2, 0.25) is 0 Å². The average molecular weight is 185 g/mol. The molecular weight excluding hydrogens is 162 g/mol. The Bertz CT molecular complexity index is 149. The van der Waals surface area contributed by atoms with Gasteiger partial charge in [-0.3, -0.25) is 0 Å². The third-order valence-corrected chi connectivity index (χ3v) is 3.32. The summed E-state index contributed by atoms with van der Waals surface area (Å²) >= 11 is 0. The largest absolute Gasteiger partial charge is 0.390 e. The van der Waals surface area contributed by atoms with Gasteiger partial charge in [0.1, 0.15) is 0 Å². The third-order valence-electron chi connectivity index (χ3n) is 3.32. The van der Waals surface area contributed by atoms with Crippen molar-refractivity contribution < 1.29 is 5.11 Å². The molecule has 0 aromatic carbocycles. The fourth-order valence-electron chi connectivity index (χ4n) is 2.11. The van der Waals surface area contributed by atoms with Gasteiger partial charge in [0.2, 0.25) is 0 Å². The van der Waals surface area contributed by atoms with Gasteiger partial charge < -0.3 is 10.4 Å². The lowest BCUT2D eigenvalue weighted by atomic mass is 9.79. The van der Waals surface area contributed by atoms with E-state index in [-0.39, 0.29) is 5.60 Å². The highest BCUT2D eigenvalue weighted by atomic mass is 16.3. The van der Waals surface area contributed by atoms with E-state index >= 15 is 0 Å². The molecule has 1 saturated heterocycles. The van der Waals surface area contributed by atoms with Crippen molar-refractivity contribution in [3.63, 3.8) is 0 Å². The Morgan fingerprint density at radius 1 is 1.46 bits per heavy atom. The molecule has 2 heteroatoms. The summed E-state index contributed by atoms with van der Waals surface area (Å²) in [6.07, 6.45) is 5.59. The molecule has 0 saturated carbocycles. The predicted octanol–water partition coefficient (Wildman–Crippen LogP) is 1.93. The van der Waals surface area contributed by atoms with Gasteiger partial charge in [-0.1, -0.05) is 33.1 Å². The molecule has 2 nitrogen and oxygen atoms in total. The lowest BCUT2D eigenvalue weighted by molar-refractivity contribution is -0.0422. The maximum absolute atomic E-state index is 10.3. The van der Waals surface area contributed by atoms with Crippen LogP contribution in [0.25, 0.3) is 0 Å². The Morgan fingerprint density at radius 3 is 2.85 bits per heavy atom. The summed E-state index contributed by atoms with van der Waals surface area (Å²) in [7, 11) is 0. The van der Waals surface area contributed by atoms with Crippen molar-refractivity contribution in [1.29, 1.82) is 0 Å². The SMILES string of the molecule is CCCCCC1(O)CCNCC1C. The molecule has 1 aliphatic heterocycles. The van der Waals surface area contributed by atoms with Crippen LogP contribution in [0.5, 0.6) is 0 Å². The molecule has 2 unspecified atom stereocenters. The van der Waals surface area contributed by atoms with Crippen LogP contribution in [0.4, 0.5) is 0 Å². The highest BCUT2D eigenvalue weighted by Crippen LogP contribution is 2.29. The third kappa shape index (κ3) is 2.96. The first-order valence-electron chi connectivity index (χ1n) is 5.62. The fraction of sp³-hybridized carbons (Fsp3) is 1.00. The average Bonchev–Trinajstić information content (AvgIpc) is 2.11. The van der Waals surface area contributed by atoms with Crippen molar-refractivity contribution in [2.24, 2.45) is 5.92 Å². The van der Waals surface area contributed by atoms with E-state index in [1.165, 1.54) is 19.3 Å². The molecule has 2 atom stereocenters. The monoisotopic (exact) mass is 185 g/mol. The molecule has 1 aliphatic rings. The van der Waals surface area contributed by atoms with E-state index in [0.29, 0.717) is 5.92 Å². The Labute approximate surface area is 81.7 Å². The quantitative estimate of drug-likeness (QED) is 0.656. The summed E-state index contributed by atoms with van der Waals surface area (Å²) in [4.78, 5) is 0. The van der Waals surface area contributed by atoms with Crippen LogP contribution < -0.4 is 5.32 Å². The number of hydrogen-bond donors (Lipinski definition) is 2. The first-order chi connectivity index (χ1) is 6.19. The van der Waals surface area contributed by atoms with Gasteiger partial charge in [-0.15, -0.1) is 0 Å². The second-order valence-corrected chi connectivity index (χ2v) is 4.42. The van der Waals surface area contributed by atoms with Crippen LogP contribution in [0.3, 0.4) is 0 Å². The van der Waals surface area contributed by atoms with Gasteiger partial charge in [-0.25, -0.2) is 0 Å². The van der Waals surface area contributed by atoms with Gasteiger partial charge in [0.25, 0.3) is 0 Å². The summed E-state index contributed by atoms with van der Waals surface area (Å²) in [6, 6.07) is 0. The van der Waals surface area contributed by atoms with Crippen LogP contribution in [0.1, 0.15) is 46.0 Å². The molecule has 13 heavy (non-hydrogen) atoms. The van der Waals surface area contributed by atoms with Gasteiger partial charge in [-0.2, -0.15) is 0 Å². The minimum atomic E-state index is -0.375. The van der Waals surface area contributed by atoms with E-state index in [0.717, 1.165) is 25.9 Å². The Hall–Kier alpha value is -0.0800. The summed E-state index contributed by atoms with van der Waals surface area (Å²) in [5, 5.41) is 13.6. The topological polar surface area (TPSA) is 32.3 Å². The zero-order valence-electron chi connectivity index (χ0n) is 8.97.